The van der Waals surface area contributed by atoms with Gasteiger partial charge in [0.15, 0.2) is 11.5 Å². The van der Waals surface area contributed by atoms with E-state index in [9.17, 15) is 9.59 Å². The van der Waals surface area contributed by atoms with Crippen molar-refractivity contribution >= 4 is 28.8 Å². The summed E-state index contributed by atoms with van der Waals surface area (Å²) in [5, 5.41) is 7.58. The largest absolute Gasteiger partial charge is 0.486 e. The van der Waals surface area contributed by atoms with E-state index in [-0.39, 0.29) is 5.41 Å². The highest BCUT2D eigenvalue weighted by Crippen LogP contribution is 2.41. The second-order valence-corrected chi connectivity index (χ2v) is 8.26. The van der Waals surface area contributed by atoms with E-state index in [4.69, 9.17) is 9.47 Å². The molecule has 0 atom stereocenters. The Morgan fingerprint density at radius 1 is 1.00 bits per heavy atom. The molecule has 1 saturated carbocycles. The van der Waals surface area contributed by atoms with Gasteiger partial charge in [-0.3, -0.25) is 9.59 Å². The fourth-order valence-corrected chi connectivity index (χ4v) is 4.95. The molecule has 2 aliphatic rings. The third-order valence-corrected chi connectivity index (χ3v) is 6.56. The average Bonchev–Trinajstić information content (AvgIpc) is 3.28. The third kappa shape index (κ3) is 3.99. The van der Waals surface area contributed by atoms with Crippen LogP contribution in [0.3, 0.4) is 0 Å². The molecule has 2 aromatic rings. The zero-order chi connectivity index (χ0) is 19.4. The number of anilines is 1. The van der Waals surface area contributed by atoms with Gasteiger partial charge in [0.2, 0.25) is 0 Å². The summed E-state index contributed by atoms with van der Waals surface area (Å²) < 4.78 is 11.0. The number of amides is 2. The normalized spacial score (nSPS) is 17.6. The van der Waals surface area contributed by atoms with Crippen molar-refractivity contribution in [3.8, 4) is 11.5 Å². The van der Waals surface area contributed by atoms with Crippen molar-refractivity contribution in [2.45, 2.75) is 37.5 Å². The molecule has 0 unspecified atom stereocenters. The van der Waals surface area contributed by atoms with Crippen LogP contribution in [0.5, 0.6) is 11.5 Å². The van der Waals surface area contributed by atoms with Crippen molar-refractivity contribution in [2.24, 2.45) is 0 Å². The maximum Gasteiger partial charge on any atom is 0.313 e. The van der Waals surface area contributed by atoms with Crippen LogP contribution in [0, 0.1) is 0 Å². The smallest absolute Gasteiger partial charge is 0.313 e. The zero-order valence-corrected chi connectivity index (χ0v) is 16.5. The van der Waals surface area contributed by atoms with E-state index in [1.807, 2.05) is 6.07 Å². The number of carbonyl (C=O) groups excluding carboxylic acids is 2. The first kappa shape index (κ1) is 18.8. The van der Waals surface area contributed by atoms with E-state index in [0.717, 1.165) is 25.7 Å². The SMILES string of the molecule is O=C(NCC1(c2cccs2)CCCCC1)C(=O)Nc1ccc2c(c1)OCCO2. The summed E-state index contributed by atoms with van der Waals surface area (Å²) in [5.74, 6) is -0.0718. The standard InChI is InChI=1S/C21H24N2O4S/c24-19(20(25)23-15-6-7-16-17(13-15)27-11-10-26-16)22-14-21(8-2-1-3-9-21)18-5-4-12-28-18/h4-7,12-13H,1-3,8-11,14H2,(H,22,24)(H,23,25). The van der Waals surface area contributed by atoms with Crippen LogP contribution in [-0.4, -0.2) is 31.6 Å². The number of hydrogen-bond donors (Lipinski definition) is 2. The van der Waals surface area contributed by atoms with Crippen molar-refractivity contribution in [3.63, 3.8) is 0 Å². The molecule has 0 radical (unpaired) electrons. The summed E-state index contributed by atoms with van der Waals surface area (Å²) in [5.41, 5.74) is 0.453. The molecule has 7 heteroatoms. The lowest BCUT2D eigenvalue weighted by atomic mass is 9.73. The van der Waals surface area contributed by atoms with E-state index in [1.54, 1.807) is 29.5 Å². The van der Waals surface area contributed by atoms with Crippen molar-refractivity contribution in [3.05, 3.63) is 40.6 Å². The molecule has 2 amide bonds. The van der Waals surface area contributed by atoms with Crippen molar-refractivity contribution in [1.29, 1.82) is 0 Å². The molecule has 0 bridgehead atoms. The summed E-state index contributed by atoms with van der Waals surface area (Å²) in [6.07, 6.45) is 5.61. The number of thiophene rings is 1. The van der Waals surface area contributed by atoms with Crippen LogP contribution in [0.2, 0.25) is 0 Å². The highest BCUT2D eigenvalue weighted by molar-refractivity contribution is 7.10. The third-order valence-electron chi connectivity index (χ3n) is 5.45. The Hall–Kier alpha value is -2.54. The van der Waals surface area contributed by atoms with Crippen molar-refractivity contribution < 1.29 is 19.1 Å². The number of hydrogen-bond acceptors (Lipinski definition) is 5. The Kier molecular flexibility index (Phi) is 5.52. The highest BCUT2D eigenvalue weighted by Gasteiger charge is 2.35. The Morgan fingerprint density at radius 3 is 2.54 bits per heavy atom. The summed E-state index contributed by atoms with van der Waals surface area (Å²) in [4.78, 5) is 26.1. The van der Waals surface area contributed by atoms with Gasteiger partial charge < -0.3 is 20.1 Å². The fourth-order valence-electron chi connectivity index (χ4n) is 3.96. The molecule has 1 fully saturated rings. The number of benzene rings is 1. The first-order chi connectivity index (χ1) is 13.7. The minimum Gasteiger partial charge on any atom is -0.486 e. The minimum atomic E-state index is -0.672. The molecule has 4 rings (SSSR count). The van der Waals surface area contributed by atoms with E-state index in [1.165, 1.54) is 11.3 Å². The summed E-state index contributed by atoms with van der Waals surface area (Å²) in [7, 11) is 0. The fraction of sp³-hybridized carbons (Fsp3) is 0.429. The molecule has 28 heavy (non-hydrogen) atoms. The lowest BCUT2D eigenvalue weighted by Gasteiger charge is -2.36. The molecule has 1 aliphatic carbocycles. The number of rotatable bonds is 4. The Labute approximate surface area is 168 Å². The second-order valence-electron chi connectivity index (χ2n) is 7.31. The maximum atomic E-state index is 12.4. The number of nitrogens with one attached hydrogen (secondary N) is 2. The molecule has 2 heterocycles. The number of carbonyl (C=O) groups is 2. The van der Waals surface area contributed by atoms with Gasteiger partial charge in [0.25, 0.3) is 0 Å². The quantitative estimate of drug-likeness (QED) is 0.771. The lowest BCUT2D eigenvalue weighted by molar-refractivity contribution is -0.136. The molecule has 148 valence electrons. The van der Waals surface area contributed by atoms with Gasteiger partial charge in [-0.05, 0) is 36.4 Å². The zero-order valence-electron chi connectivity index (χ0n) is 15.7. The molecule has 1 aromatic heterocycles. The van der Waals surface area contributed by atoms with Crippen LogP contribution in [0.4, 0.5) is 5.69 Å². The van der Waals surface area contributed by atoms with E-state index in [2.05, 4.69) is 22.1 Å². The molecular formula is C21H24N2O4S. The number of ether oxygens (including phenoxy) is 2. The van der Waals surface area contributed by atoms with Crippen molar-refractivity contribution in [1.82, 2.24) is 5.32 Å². The number of fused-ring (bicyclic) bond motifs is 1. The Balaban J connectivity index is 1.38. The van der Waals surface area contributed by atoms with Crippen LogP contribution in [0.1, 0.15) is 37.0 Å². The van der Waals surface area contributed by atoms with Gasteiger partial charge in [-0.1, -0.05) is 25.3 Å². The molecule has 6 nitrogen and oxygen atoms in total. The molecule has 0 spiro atoms. The molecule has 1 aromatic carbocycles. The van der Waals surface area contributed by atoms with Crippen LogP contribution >= 0.6 is 11.3 Å². The summed E-state index contributed by atoms with van der Waals surface area (Å²) in [6.45, 7) is 1.46. The predicted octanol–water partition coefficient (Wildman–Crippen LogP) is 3.48. The van der Waals surface area contributed by atoms with Crippen LogP contribution in [0.15, 0.2) is 35.7 Å². The highest BCUT2D eigenvalue weighted by atomic mass is 32.1. The summed E-state index contributed by atoms with van der Waals surface area (Å²) in [6, 6.07) is 9.29. The molecule has 1 aliphatic heterocycles. The second kappa shape index (κ2) is 8.22. The Morgan fingerprint density at radius 2 is 1.79 bits per heavy atom. The monoisotopic (exact) mass is 400 g/mol. The molecular weight excluding hydrogens is 376 g/mol. The van der Waals surface area contributed by atoms with Gasteiger partial charge in [0.05, 0.1) is 0 Å². The van der Waals surface area contributed by atoms with Crippen molar-refractivity contribution in [2.75, 3.05) is 25.1 Å². The van der Waals surface area contributed by atoms with E-state index < -0.39 is 11.8 Å². The van der Waals surface area contributed by atoms with Gasteiger partial charge >= 0.3 is 11.8 Å². The van der Waals surface area contributed by atoms with E-state index >= 15 is 0 Å². The van der Waals surface area contributed by atoms with E-state index in [0.29, 0.717) is 36.9 Å². The van der Waals surface area contributed by atoms with Gasteiger partial charge in [-0.15, -0.1) is 11.3 Å². The van der Waals surface area contributed by atoms with Crippen LogP contribution < -0.4 is 20.1 Å². The van der Waals surface area contributed by atoms with Gasteiger partial charge in [-0.2, -0.15) is 0 Å². The first-order valence-electron chi connectivity index (χ1n) is 9.69. The topological polar surface area (TPSA) is 76.7 Å². The lowest BCUT2D eigenvalue weighted by Crippen LogP contribution is -2.45. The average molecular weight is 401 g/mol. The van der Waals surface area contributed by atoms with Gasteiger partial charge in [-0.25, -0.2) is 0 Å². The Bertz CT molecular complexity index is 844. The maximum absolute atomic E-state index is 12.4. The van der Waals surface area contributed by atoms with Crippen LogP contribution in [-0.2, 0) is 15.0 Å². The summed E-state index contributed by atoms with van der Waals surface area (Å²) >= 11 is 1.73. The minimum absolute atomic E-state index is 0.0562. The molecule has 2 N–H and O–H groups in total. The van der Waals surface area contributed by atoms with Gasteiger partial charge in [0.1, 0.15) is 13.2 Å². The predicted molar refractivity (Wildman–Crippen MR) is 108 cm³/mol. The molecule has 0 saturated heterocycles. The van der Waals surface area contributed by atoms with Crippen LogP contribution in [0.25, 0.3) is 0 Å². The van der Waals surface area contributed by atoms with Gasteiger partial charge in [0, 0.05) is 28.6 Å². The first-order valence-corrected chi connectivity index (χ1v) is 10.6.